The minimum absolute atomic E-state index is 0.0452. The predicted octanol–water partition coefficient (Wildman–Crippen LogP) is 2.33. The number of carbonyl (C=O) groups is 2. The Balaban J connectivity index is 2.74. The van der Waals surface area contributed by atoms with Crippen molar-refractivity contribution in [3.8, 4) is 0 Å². The molecular formula is C15H28N2O2. The standard InChI is InChI=1S/C15H28N2O2/c1-14(2,3)16-12(18)15(4,5)13(19)17-10-8-6-7-9-11-17/h6-11H2,1-5H3,(H,16,18). The molecule has 1 rings (SSSR count). The molecule has 2 amide bonds. The molecule has 0 aromatic carbocycles. The van der Waals surface area contributed by atoms with E-state index in [1.807, 2.05) is 25.7 Å². The maximum Gasteiger partial charge on any atom is 0.237 e. The van der Waals surface area contributed by atoms with E-state index in [1.54, 1.807) is 13.8 Å². The SMILES string of the molecule is CC(C)(C)NC(=O)C(C)(C)C(=O)N1CCCCCC1. The smallest absolute Gasteiger partial charge is 0.237 e. The fraction of sp³-hybridized carbons (Fsp3) is 0.867. The maximum atomic E-state index is 12.6. The summed E-state index contributed by atoms with van der Waals surface area (Å²) < 4.78 is 0. The fourth-order valence-corrected chi connectivity index (χ4v) is 2.26. The van der Waals surface area contributed by atoms with Crippen molar-refractivity contribution >= 4 is 11.8 Å². The number of hydrogen-bond acceptors (Lipinski definition) is 2. The van der Waals surface area contributed by atoms with Gasteiger partial charge >= 0.3 is 0 Å². The summed E-state index contributed by atoms with van der Waals surface area (Å²) in [6, 6.07) is 0. The van der Waals surface area contributed by atoms with Gasteiger partial charge in [-0.2, -0.15) is 0 Å². The molecule has 110 valence electrons. The zero-order valence-electron chi connectivity index (χ0n) is 13.0. The second-order valence-corrected chi connectivity index (χ2v) is 7.04. The van der Waals surface area contributed by atoms with Gasteiger partial charge in [-0.25, -0.2) is 0 Å². The van der Waals surface area contributed by atoms with Crippen molar-refractivity contribution in [3.05, 3.63) is 0 Å². The molecule has 1 aliphatic heterocycles. The second kappa shape index (κ2) is 5.93. The lowest BCUT2D eigenvalue weighted by atomic mass is 9.89. The third-order valence-electron chi connectivity index (χ3n) is 3.48. The minimum Gasteiger partial charge on any atom is -0.351 e. The highest BCUT2D eigenvalue weighted by Crippen LogP contribution is 2.23. The molecule has 4 heteroatoms. The van der Waals surface area contributed by atoms with Gasteiger partial charge in [0.25, 0.3) is 0 Å². The molecule has 0 bridgehead atoms. The topological polar surface area (TPSA) is 49.4 Å². The van der Waals surface area contributed by atoms with Crippen LogP contribution in [-0.2, 0) is 9.59 Å². The summed E-state index contributed by atoms with van der Waals surface area (Å²) in [6.45, 7) is 10.8. The molecule has 19 heavy (non-hydrogen) atoms. The van der Waals surface area contributed by atoms with Crippen molar-refractivity contribution in [2.45, 2.75) is 65.8 Å². The van der Waals surface area contributed by atoms with Crippen LogP contribution >= 0.6 is 0 Å². The lowest BCUT2D eigenvalue weighted by Crippen LogP contribution is -2.53. The Morgan fingerprint density at radius 3 is 1.79 bits per heavy atom. The first-order valence-corrected chi connectivity index (χ1v) is 7.26. The number of nitrogens with one attached hydrogen (secondary N) is 1. The summed E-state index contributed by atoms with van der Waals surface area (Å²) in [5.41, 5.74) is -1.30. The Hall–Kier alpha value is -1.06. The number of amides is 2. The molecule has 0 aliphatic carbocycles. The molecule has 0 spiro atoms. The Morgan fingerprint density at radius 1 is 0.895 bits per heavy atom. The fourth-order valence-electron chi connectivity index (χ4n) is 2.26. The highest BCUT2D eigenvalue weighted by atomic mass is 16.2. The normalized spacial score (nSPS) is 17.8. The molecular weight excluding hydrogens is 240 g/mol. The van der Waals surface area contributed by atoms with Crippen molar-refractivity contribution in [2.75, 3.05) is 13.1 Å². The Kier molecular flexibility index (Phi) is 4.99. The maximum absolute atomic E-state index is 12.6. The second-order valence-electron chi connectivity index (χ2n) is 7.04. The molecule has 1 N–H and O–H groups in total. The monoisotopic (exact) mass is 268 g/mol. The summed E-state index contributed by atoms with van der Waals surface area (Å²) in [4.78, 5) is 26.7. The first-order valence-electron chi connectivity index (χ1n) is 7.26. The Labute approximate surface area is 116 Å². The van der Waals surface area contributed by atoms with E-state index in [1.165, 1.54) is 12.8 Å². The van der Waals surface area contributed by atoms with Crippen molar-refractivity contribution in [2.24, 2.45) is 5.41 Å². The molecule has 0 saturated carbocycles. The minimum atomic E-state index is -0.988. The molecule has 0 atom stereocenters. The van der Waals surface area contributed by atoms with E-state index >= 15 is 0 Å². The first kappa shape index (κ1) is 16.0. The predicted molar refractivity (Wildman–Crippen MR) is 76.7 cm³/mol. The molecule has 0 aromatic rings. The Morgan fingerprint density at radius 2 is 1.37 bits per heavy atom. The Bertz CT molecular complexity index is 335. The van der Waals surface area contributed by atoms with E-state index in [9.17, 15) is 9.59 Å². The summed E-state index contributed by atoms with van der Waals surface area (Å²) >= 11 is 0. The zero-order valence-corrected chi connectivity index (χ0v) is 13.0. The van der Waals surface area contributed by atoms with Crippen LogP contribution in [0.3, 0.4) is 0 Å². The van der Waals surface area contributed by atoms with Crippen LogP contribution in [0.15, 0.2) is 0 Å². The average molecular weight is 268 g/mol. The van der Waals surface area contributed by atoms with Gasteiger partial charge in [0.1, 0.15) is 5.41 Å². The first-order chi connectivity index (χ1) is 8.64. The summed E-state index contributed by atoms with van der Waals surface area (Å²) in [5.74, 6) is -0.231. The van der Waals surface area contributed by atoms with E-state index < -0.39 is 5.41 Å². The summed E-state index contributed by atoms with van der Waals surface area (Å²) in [6.07, 6.45) is 4.45. The van der Waals surface area contributed by atoms with Gasteiger partial charge in [-0.15, -0.1) is 0 Å². The van der Waals surface area contributed by atoms with E-state index in [-0.39, 0.29) is 17.4 Å². The van der Waals surface area contributed by atoms with Gasteiger partial charge < -0.3 is 10.2 Å². The number of carbonyl (C=O) groups excluding carboxylic acids is 2. The molecule has 1 heterocycles. The molecule has 0 unspecified atom stereocenters. The van der Waals surface area contributed by atoms with Crippen molar-refractivity contribution in [1.82, 2.24) is 10.2 Å². The van der Waals surface area contributed by atoms with E-state index in [2.05, 4.69) is 5.32 Å². The van der Waals surface area contributed by atoms with Gasteiger partial charge in [-0.05, 0) is 47.5 Å². The number of likely N-dealkylation sites (tertiary alicyclic amines) is 1. The van der Waals surface area contributed by atoms with Crippen LogP contribution in [0.4, 0.5) is 0 Å². The van der Waals surface area contributed by atoms with E-state index in [0.29, 0.717) is 0 Å². The quantitative estimate of drug-likeness (QED) is 0.781. The van der Waals surface area contributed by atoms with Gasteiger partial charge in [0.05, 0.1) is 0 Å². The number of nitrogens with zero attached hydrogens (tertiary/aromatic N) is 1. The zero-order chi connectivity index (χ0) is 14.7. The van der Waals surface area contributed by atoms with Crippen molar-refractivity contribution < 1.29 is 9.59 Å². The number of hydrogen-bond donors (Lipinski definition) is 1. The van der Waals surface area contributed by atoms with Crippen LogP contribution in [-0.4, -0.2) is 35.3 Å². The third-order valence-corrected chi connectivity index (χ3v) is 3.48. The third kappa shape index (κ3) is 4.51. The van der Waals surface area contributed by atoms with Gasteiger partial charge in [0.15, 0.2) is 0 Å². The van der Waals surface area contributed by atoms with Crippen LogP contribution in [0, 0.1) is 5.41 Å². The number of rotatable bonds is 2. The van der Waals surface area contributed by atoms with Crippen LogP contribution in [0.2, 0.25) is 0 Å². The van der Waals surface area contributed by atoms with Crippen LogP contribution in [0.5, 0.6) is 0 Å². The van der Waals surface area contributed by atoms with Crippen LogP contribution in [0.25, 0.3) is 0 Å². The molecule has 0 aromatic heterocycles. The highest BCUT2D eigenvalue weighted by Gasteiger charge is 2.40. The van der Waals surface area contributed by atoms with Gasteiger partial charge in [0.2, 0.25) is 11.8 Å². The molecule has 0 radical (unpaired) electrons. The molecule has 1 aliphatic rings. The molecule has 1 saturated heterocycles. The summed E-state index contributed by atoms with van der Waals surface area (Å²) in [7, 11) is 0. The van der Waals surface area contributed by atoms with E-state index in [4.69, 9.17) is 0 Å². The largest absolute Gasteiger partial charge is 0.351 e. The summed E-state index contributed by atoms with van der Waals surface area (Å²) in [5, 5.41) is 2.91. The lowest BCUT2D eigenvalue weighted by Gasteiger charge is -2.33. The van der Waals surface area contributed by atoms with Crippen LogP contribution in [0.1, 0.15) is 60.3 Å². The van der Waals surface area contributed by atoms with Gasteiger partial charge in [-0.3, -0.25) is 9.59 Å². The highest BCUT2D eigenvalue weighted by molar-refractivity contribution is 6.04. The van der Waals surface area contributed by atoms with Gasteiger partial charge in [-0.1, -0.05) is 12.8 Å². The van der Waals surface area contributed by atoms with Gasteiger partial charge in [0, 0.05) is 18.6 Å². The van der Waals surface area contributed by atoms with Crippen LogP contribution < -0.4 is 5.32 Å². The average Bonchev–Trinajstić information content (AvgIpc) is 2.53. The lowest BCUT2D eigenvalue weighted by molar-refractivity contribution is -0.149. The van der Waals surface area contributed by atoms with Crippen molar-refractivity contribution in [1.29, 1.82) is 0 Å². The van der Waals surface area contributed by atoms with E-state index in [0.717, 1.165) is 25.9 Å². The molecule has 4 nitrogen and oxygen atoms in total. The molecule has 1 fully saturated rings. The van der Waals surface area contributed by atoms with Crippen molar-refractivity contribution in [3.63, 3.8) is 0 Å².